The molecule has 0 aliphatic rings. The number of nitrogens with one attached hydrogen (secondary N) is 1. The summed E-state index contributed by atoms with van der Waals surface area (Å²) in [7, 11) is 0. The van der Waals surface area contributed by atoms with Gasteiger partial charge in [0, 0.05) is 12.6 Å². The summed E-state index contributed by atoms with van der Waals surface area (Å²) in [5, 5.41) is 6.46. The SMILES string of the molecule is CCCn1c(N(CC(F)(F)F)C(C)C)n[nH]c1=S. The van der Waals surface area contributed by atoms with E-state index in [-0.39, 0.29) is 12.0 Å². The zero-order valence-corrected chi connectivity index (χ0v) is 11.4. The van der Waals surface area contributed by atoms with Gasteiger partial charge in [0.05, 0.1) is 0 Å². The summed E-state index contributed by atoms with van der Waals surface area (Å²) in [5.74, 6) is 0.245. The van der Waals surface area contributed by atoms with Crippen LogP contribution in [0.4, 0.5) is 19.1 Å². The Hall–Kier alpha value is -1.05. The molecule has 0 spiro atoms. The standard InChI is InChI=1S/C10H17F3N4S/c1-4-5-16-8(14-15-9(16)18)17(7(2)3)6-10(11,12)13/h7H,4-6H2,1-3H3,(H,15,18). The second kappa shape index (κ2) is 5.73. The van der Waals surface area contributed by atoms with Gasteiger partial charge in [-0.3, -0.25) is 4.57 Å². The van der Waals surface area contributed by atoms with E-state index in [1.165, 1.54) is 4.90 Å². The quantitative estimate of drug-likeness (QED) is 0.843. The van der Waals surface area contributed by atoms with Crippen LogP contribution in [0, 0.1) is 4.77 Å². The number of aromatic amines is 1. The van der Waals surface area contributed by atoms with Crippen LogP contribution in [0.5, 0.6) is 0 Å². The summed E-state index contributed by atoms with van der Waals surface area (Å²) in [6.45, 7) is 4.83. The molecule has 0 radical (unpaired) electrons. The van der Waals surface area contributed by atoms with E-state index in [0.717, 1.165) is 6.42 Å². The van der Waals surface area contributed by atoms with Crippen LogP contribution in [0.25, 0.3) is 0 Å². The molecule has 0 saturated carbocycles. The van der Waals surface area contributed by atoms with Gasteiger partial charge in [0.2, 0.25) is 5.95 Å². The van der Waals surface area contributed by atoms with Crippen LogP contribution in [-0.4, -0.2) is 33.5 Å². The largest absolute Gasteiger partial charge is 0.406 e. The molecular formula is C10H17F3N4S. The Kier molecular flexibility index (Phi) is 4.78. The minimum atomic E-state index is -4.27. The number of rotatable bonds is 5. The van der Waals surface area contributed by atoms with Gasteiger partial charge in [-0.05, 0) is 32.5 Å². The molecule has 0 aliphatic heterocycles. The van der Waals surface area contributed by atoms with Crippen LogP contribution >= 0.6 is 12.2 Å². The fraction of sp³-hybridized carbons (Fsp3) is 0.800. The van der Waals surface area contributed by atoms with E-state index in [1.807, 2.05) is 6.92 Å². The first-order valence-electron chi connectivity index (χ1n) is 5.75. The lowest BCUT2D eigenvalue weighted by Gasteiger charge is -2.28. The number of aromatic nitrogens is 3. The van der Waals surface area contributed by atoms with E-state index < -0.39 is 12.7 Å². The Morgan fingerprint density at radius 2 is 2.06 bits per heavy atom. The molecule has 0 fully saturated rings. The lowest BCUT2D eigenvalue weighted by molar-refractivity contribution is -0.120. The molecule has 0 aliphatic carbocycles. The molecule has 0 atom stereocenters. The average molecular weight is 282 g/mol. The number of alkyl halides is 3. The van der Waals surface area contributed by atoms with E-state index in [9.17, 15) is 13.2 Å². The maximum absolute atomic E-state index is 12.6. The molecule has 1 aromatic rings. The maximum atomic E-state index is 12.6. The summed E-state index contributed by atoms with van der Waals surface area (Å²) >= 11 is 5.02. The van der Waals surface area contributed by atoms with Gasteiger partial charge in [-0.15, -0.1) is 5.10 Å². The van der Waals surface area contributed by atoms with Gasteiger partial charge in [0.15, 0.2) is 4.77 Å². The van der Waals surface area contributed by atoms with E-state index >= 15 is 0 Å². The van der Waals surface area contributed by atoms with Crippen molar-refractivity contribution in [1.29, 1.82) is 0 Å². The highest BCUT2D eigenvalue weighted by atomic mass is 32.1. The number of H-pyrrole nitrogens is 1. The number of hydrogen-bond acceptors (Lipinski definition) is 3. The van der Waals surface area contributed by atoms with Crippen molar-refractivity contribution in [1.82, 2.24) is 14.8 Å². The summed E-state index contributed by atoms with van der Waals surface area (Å²) in [6, 6.07) is -0.313. The number of halogens is 3. The third-order valence-corrected chi connectivity index (χ3v) is 2.73. The zero-order valence-electron chi connectivity index (χ0n) is 10.6. The van der Waals surface area contributed by atoms with E-state index in [2.05, 4.69) is 10.2 Å². The molecule has 18 heavy (non-hydrogen) atoms. The molecule has 0 aromatic carbocycles. The van der Waals surface area contributed by atoms with Gasteiger partial charge >= 0.3 is 6.18 Å². The Morgan fingerprint density at radius 3 is 2.50 bits per heavy atom. The molecule has 8 heteroatoms. The molecule has 1 aromatic heterocycles. The van der Waals surface area contributed by atoms with Crippen molar-refractivity contribution in [3.05, 3.63) is 4.77 Å². The molecule has 4 nitrogen and oxygen atoms in total. The molecule has 0 unspecified atom stereocenters. The number of anilines is 1. The average Bonchev–Trinajstić information content (AvgIpc) is 2.56. The Bertz CT molecular complexity index is 435. The number of nitrogens with zero attached hydrogens (tertiary/aromatic N) is 3. The van der Waals surface area contributed by atoms with Crippen LogP contribution in [-0.2, 0) is 6.54 Å². The molecule has 0 bridgehead atoms. The predicted octanol–water partition coefficient (Wildman–Crippen LogP) is 3.13. The first-order valence-corrected chi connectivity index (χ1v) is 6.15. The van der Waals surface area contributed by atoms with E-state index in [4.69, 9.17) is 12.2 Å². The van der Waals surface area contributed by atoms with Crippen LogP contribution in [0.3, 0.4) is 0 Å². The summed E-state index contributed by atoms with van der Waals surface area (Å²) in [4.78, 5) is 1.20. The Morgan fingerprint density at radius 1 is 1.44 bits per heavy atom. The normalized spacial score (nSPS) is 12.2. The highest BCUT2D eigenvalue weighted by molar-refractivity contribution is 7.71. The molecular weight excluding hydrogens is 265 g/mol. The molecule has 1 heterocycles. The maximum Gasteiger partial charge on any atom is 0.406 e. The fourth-order valence-corrected chi connectivity index (χ4v) is 1.85. The Balaban J connectivity index is 3.10. The van der Waals surface area contributed by atoms with Crippen molar-refractivity contribution in [3.8, 4) is 0 Å². The third-order valence-electron chi connectivity index (χ3n) is 2.42. The fourth-order valence-electron chi connectivity index (χ4n) is 1.63. The second-order valence-corrected chi connectivity index (χ2v) is 4.70. The first-order chi connectivity index (χ1) is 8.26. The molecule has 0 saturated heterocycles. The first kappa shape index (κ1) is 15.0. The smallest absolute Gasteiger partial charge is 0.329 e. The summed E-state index contributed by atoms with van der Waals surface area (Å²) in [6.07, 6.45) is -3.49. The van der Waals surface area contributed by atoms with Gasteiger partial charge < -0.3 is 4.90 Å². The van der Waals surface area contributed by atoms with Gasteiger partial charge in [-0.2, -0.15) is 13.2 Å². The van der Waals surface area contributed by atoms with Crippen LogP contribution in [0.1, 0.15) is 27.2 Å². The summed E-state index contributed by atoms with van der Waals surface area (Å²) in [5.41, 5.74) is 0. The molecule has 1 N–H and O–H groups in total. The highest BCUT2D eigenvalue weighted by Crippen LogP contribution is 2.23. The lowest BCUT2D eigenvalue weighted by Crippen LogP contribution is -2.40. The monoisotopic (exact) mass is 282 g/mol. The van der Waals surface area contributed by atoms with E-state index in [1.54, 1.807) is 18.4 Å². The minimum absolute atomic E-state index is 0.245. The Labute approximate surface area is 109 Å². The van der Waals surface area contributed by atoms with Crippen molar-refractivity contribution in [2.24, 2.45) is 0 Å². The topological polar surface area (TPSA) is 36.9 Å². The lowest BCUT2D eigenvalue weighted by atomic mass is 10.3. The van der Waals surface area contributed by atoms with Crippen molar-refractivity contribution in [3.63, 3.8) is 0 Å². The van der Waals surface area contributed by atoms with Crippen LogP contribution < -0.4 is 4.90 Å². The zero-order chi connectivity index (χ0) is 13.9. The molecule has 1 rings (SSSR count). The van der Waals surface area contributed by atoms with Gasteiger partial charge in [0.25, 0.3) is 0 Å². The van der Waals surface area contributed by atoms with Crippen molar-refractivity contribution in [2.45, 2.75) is 46.0 Å². The van der Waals surface area contributed by atoms with Crippen molar-refractivity contribution >= 4 is 18.2 Å². The number of hydrogen-bond donors (Lipinski definition) is 1. The molecule has 104 valence electrons. The summed E-state index contributed by atoms with van der Waals surface area (Å²) < 4.78 is 39.6. The second-order valence-electron chi connectivity index (χ2n) is 4.32. The van der Waals surface area contributed by atoms with Crippen molar-refractivity contribution in [2.75, 3.05) is 11.4 Å². The van der Waals surface area contributed by atoms with Gasteiger partial charge in [-0.1, -0.05) is 6.92 Å². The van der Waals surface area contributed by atoms with Gasteiger partial charge in [0.1, 0.15) is 6.54 Å². The van der Waals surface area contributed by atoms with Crippen LogP contribution in [0.2, 0.25) is 0 Å². The van der Waals surface area contributed by atoms with Gasteiger partial charge in [-0.25, -0.2) is 5.10 Å². The van der Waals surface area contributed by atoms with Crippen LogP contribution in [0.15, 0.2) is 0 Å². The van der Waals surface area contributed by atoms with Crippen molar-refractivity contribution < 1.29 is 13.2 Å². The molecule has 0 amide bonds. The van der Waals surface area contributed by atoms with E-state index in [0.29, 0.717) is 11.3 Å². The minimum Gasteiger partial charge on any atom is -0.329 e. The third kappa shape index (κ3) is 3.72. The predicted molar refractivity (Wildman–Crippen MR) is 66.2 cm³/mol. The highest BCUT2D eigenvalue weighted by Gasteiger charge is 2.33.